The molecular formula is C15H28N2O5. The smallest absolute Gasteiger partial charge is 0.407 e. The minimum absolute atomic E-state index is 0.0108. The second-order valence-electron chi connectivity index (χ2n) is 6.79. The average molecular weight is 316 g/mol. The fourth-order valence-electron chi connectivity index (χ4n) is 3.09. The van der Waals surface area contributed by atoms with Crippen molar-refractivity contribution >= 4 is 6.09 Å². The van der Waals surface area contributed by atoms with Crippen LogP contribution in [0, 0.1) is 5.92 Å². The predicted molar refractivity (Wildman–Crippen MR) is 80.6 cm³/mol. The summed E-state index contributed by atoms with van der Waals surface area (Å²) in [5.74, 6) is 0.341. The zero-order valence-corrected chi connectivity index (χ0v) is 14.0. The van der Waals surface area contributed by atoms with Crippen molar-refractivity contribution in [1.29, 1.82) is 0 Å². The Hall–Kier alpha value is -0.890. The quantitative estimate of drug-likeness (QED) is 0.708. The Morgan fingerprint density at radius 3 is 2.55 bits per heavy atom. The van der Waals surface area contributed by atoms with Gasteiger partial charge in [0.2, 0.25) is 0 Å². The van der Waals surface area contributed by atoms with Crippen LogP contribution < -0.4 is 10.6 Å². The van der Waals surface area contributed by atoms with Crippen LogP contribution in [0.25, 0.3) is 0 Å². The largest absolute Gasteiger partial charge is 0.444 e. The van der Waals surface area contributed by atoms with E-state index in [4.69, 9.17) is 18.9 Å². The van der Waals surface area contributed by atoms with Gasteiger partial charge in [0.25, 0.3) is 0 Å². The van der Waals surface area contributed by atoms with Gasteiger partial charge in [0.1, 0.15) is 5.60 Å². The molecule has 0 aromatic carbocycles. The first-order valence-electron chi connectivity index (χ1n) is 7.76. The van der Waals surface area contributed by atoms with Crippen LogP contribution in [0.15, 0.2) is 0 Å². The first-order chi connectivity index (χ1) is 10.4. The number of alkyl carbamates (subject to hydrolysis) is 1. The van der Waals surface area contributed by atoms with Crippen LogP contribution in [0.4, 0.5) is 4.79 Å². The minimum Gasteiger partial charge on any atom is -0.444 e. The summed E-state index contributed by atoms with van der Waals surface area (Å²) in [4.78, 5) is 12.0. The molecule has 4 atom stereocenters. The number of ether oxygens (including phenoxy) is 4. The van der Waals surface area contributed by atoms with E-state index in [2.05, 4.69) is 10.6 Å². The third-order valence-electron chi connectivity index (χ3n) is 4.11. The normalized spacial score (nSPS) is 30.8. The van der Waals surface area contributed by atoms with E-state index in [0.717, 1.165) is 13.0 Å². The van der Waals surface area contributed by atoms with Crippen LogP contribution in [0.3, 0.4) is 0 Å². The van der Waals surface area contributed by atoms with Gasteiger partial charge in [-0.3, -0.25) is 0 Å². The fraction of sp³-hybridized carbons (Fsp3) is 0.933. The van der Waals surface area contributed by atoms with Crippen molar-refractivity contribution in [2.24, 2.45) is 5.92 Å². The van der Waals surface area contributed by atoms with Crippen LogP contribution in [0.5, 0.6) is 0 Å². The third-order valence-corrected chi connectivity index (χ3v) is 4.11. The number of rotatable bonds is 6. The average Bonchev–Trinajstić information content (AvgIpc) is 2.83. The maximum atomic E-state index is 12.0. The van der Waals surface area contributed by atoms with Crippen LogP contribution >= 0.6 is 0 Å². The number of nitrogens with one attached hydrogen (secondary N) is 2. The maximum absolute atomic E-state index is 12.0. The first-order valence-corrected chi connectivity index (χ1v) is 7.76. The van der Waals surface area contributed by atoms with Gasteiger partial charge in [-0.2, -0.15) is 0 Å². The molecule has 1 aliphatic heterocycles. The second-order valence-corrected chi connectivity index (χ2v) is 6.79. The van der Waals surface area contributed by atoms with Gasteiger partial charge in [-0.1, -0.05) is 0 Å². The molecule has 0 bridgehead atoms. The SMILES string of the molecule is COC(CNC1C(NC(=O)OC(C)(C)C)C2CCOC21)OC. The Morgan fingerprint density at radius 2 is 1.95 bits per heavy atom. The Labute approximate surface area is 132 Å². The van der Waals surface area contributed by atoms with E-state index in [1.165, 1.54) is 0 Å². The number of carbonyl (C=O) groups excluding carboxylic acids is 1. The summed E-state index contributed by atoms with van der Waals surface area (Å²) >= 11 is 0. The number of carbonyl (C=O) groups is 1. The van der Waals surface area contributed by atoms with Crippen LogP contribution in [-0.4, -0.2) is 63.5 Å². The summed E-state index contributed by atoms with van der Waals surface area (Å²) < 4.78 is 21.4. The molecule has 0 aromatic heterocycles. The molecule has 2 aliphatic rings. The standard InChI is InChI=1S/C15H28N2O5/c1-15(2,3)22-14(18)17-11-9-6-7-21-13(9)12(11)16-8-10(19-4)20-5/h9-13,16H,6-8H2,1-5H3,(H,17,18). The lowest BCUT2D eigenvalue weighted by Crippen LogP contribution is -2.71. The van der Waals surface area contributed by atoms with Gasteiger partial charge in [0.05, 0.1) is 18.2 Å². The molecule has 2 rings (SSSR count). The van der Waals surface area contributed by atoms with Crippen molar-refractivity contribution in [2.75, 3.05) is 27.4 Å². The molecule has 0 radical (unpaired) electrons. The molecule has 2 N–H and O–H groups in total. The number of hydrogen-bond donors (Lipinski definition) is 2. The Morgan fingerprint density at radius 1 is 1.27 bits per heavy atom. The lowest BCUT2D eigenvalue weighted by Gasteiger charge is -2.48. The number of fused-ring (bicyclic) bond motifs is 1. The topological polar surface area (TPSA) is 78.1 Å². The van der Waals surface area contributed by atoms with Crippen molar-refractivity contribution in [3.63, 3.8) is 0 Å². The molecule has 1 saturated carbocycles. The zero-order chi connectivity index (χ0) is 16.3. The lowest BCUT2D eigenvalue weighted by molar-refractivity contribution is -0.108. The van der Waals surface area contributed by atoms with Crippen molar-refractivity contribution in [1.82, 2.24) is 10.6 Å². The van der Waals surface area contributed by atoms with Crippen molar-refractivity contribution < 1.29 is 23.7 Å². The summed E-state index contributed by atoms with van der Waals surface area (Å²) in [5, 5.41) is 6.33. The van der Waals surface area contributed by atoms with Gasteiger partial charge < -0.3 is 29.6 Å². The van der Waals surface area contributed by atoms with Gasteiger partial charge in [0, 0.05) is 33.3 Å². The van der Waals surface area contributed by atoms with Gasteiger partial charge in [0.15, 0.2) is 6.29 Å². The summed E-state index contributed by atoms with van der Waals surface area (Å²) in [5.41, 5.74) is -0.500. The highest BCUT2D eigenvalue weighted by atomic mass is 16.7. The van der Waals surface area contributed by atoms with Crippen LogP contribution in [-0.2, 0) is 18.9 Å². The Bertz CT molecular complexity index is 381. The van der Waals surface area contributed by atoms with Crippen molar-refractivity contribution in [3.05, 3.63) is 0 Å². The van der Waals surface area contributed by atoms with E-state index in [9.17, 15) is 4.79 Å². The monoisotopic (exact) mass is 316 g/mol. The fourth-order valence-corrected chi connectivity index (χ4v) is 3.09. The zero-order valence-electron chi connectivity index (χ0n) is 14.0. The highest BCUT2D eigenvalue weighted by Crippen LogP contribution is 2.39. The molecule has 1 amide bonds. The minimum atomic E-state index is -0.500. The molecule has 0 spiro atoms. The van der Waals surface area contributed by atoms with Crippen LogP contribution in [0.2, 0.25) is 0 Å². The van der Waals surface area contributed by atoms with Gasteiger partial charge in [-0.05, 0) is 27.2 Å². The molecule has 2 fully saturated rings. The number of hydrogen-bond acceptors (Lipinski definition) is 6. The summed E-state index contributed by atoms with van der Waals surface area (Å²) in [6.07, 6.45) is 0.392. The molecule has 1 heterocycles. The number of methoxy groups -OCH3 is 2. The van der Waals surface area contributed by atoms with E-state index in [1.807, 2.05) is 20.8 Å². The summed E-state index contributed by atoms with van der Waals surface area (Å²) in [7, 11) is 3.20. The van der Waals surface area contributed by atoms with E-state index in [-0.39, 0.29) is 30.6 Å². The molecule has 4 unspecified atom stereocenters. The van der Waals surface area contributed by atoms with E-state index in [1.54, 1.807) is 14.2 Å². The molecule has 7 heteroatoms. The molecule has 1 saturated heterocycles. The van der Waals surface area contributed by atoms with Crippen molar-refractivity contribution in [3.8, 4) is 0 Å². The molecule has 0 aromatic rings. The van der Waals surface area contributed by atoms with E-state index >= 15 is 0 Å². The van der Waals surface area contributed by atoms with Gasteiger partial charge in [-0.15, -0.1) is 0 Å². The Kier molecular flexibility index (Phi) is 5.65. The molecule has 128 valence electrons. The first kappa shape index (κ1) is 17.5. The summed E-state index contributed by atoms with van der Waals surface area (Å²) in [6, 6.07) is 0.0598. The molecule has 1 aliphatic carbocycles. The van der Waals surface area contributed by atoms with E-state index < -0.39 is 5.60 Å². The van der Waals surface area contributed by atoms with Crippen molar-refractivity contribution in [2.45, 2.75) is 57.3 Å². The van der Waals surface area contributed by atoms with Gasteiger partial charge in [-0.25, -0.2) is 4.79 Å². The Balaban J connectivity index is 1.88. The lowest BCUT2D eigenvalue weighted by atomic mass is 9.71. The molecular weight excluding hydrogens is 288 g/mol. The van der Waals surface area contributed by atoms with Crippen LogP contribution in [0.1, 0.15) is 27.2 Å². The second kappa shape index (κ2) is 7.12. The summed E-state index contributed by atoms with van der Waals surface area (Å²) in [6.45, 7) is 6.83. The number of amides is 1. The van der Waals surface area contributed by atoms with Gasteiger partial charge >= 0.3 is 6.09 Å². The highest BCUT2D eigenvalue weighted by molar-refractivity contribution is 5.68. The molecule has 22 heavy (non-hydrogen) atoms. The third kappa shape index (κ3) is 4.10. The predicted octanol–water partition coefficient (Wildman–Crippen LogP) is 0.876. The molecule has 7 nitrogen and oxygen atoms in total. The highest BCUT2D eigenvalue weighted by Gasteiger charge is 2.54. The van der Waals surface area contributed by atoms with E-state index in [0.29, 0.717) is 12.5 Å². The maximum Gasteiger partial charge on any atom is 0.407 e.